The minimum absolute atomic E-state index is 0.0614. The lowest BCUT2D eigenvalue weighted by Gasteiger charge is -2.18. The highest BCUT2D eigenvalue weighted by Gasteiger charge is 2.19. The van der Waals surface area contributed by atoms with E-state index in [2.05, 4.69) is 34.6 Å². The molecule has 0 heterocycles. The molecule has 0 aromatic heterocycles. The van der Waals surface area contributed by atoms with Gasteiger partial charge in [0.1, 0.15) is 13.2 Å². The van der Waals surface area contributed by atoms with Crippen molar-refractivity contribution in [2.45, 2.75) is 394 Å². The van der Waals surface area contributed by atoms with Crippen molar-refractivity contribution in [2.75, 3.05) is 13.2 Å². The van der Waals surface area contributed by atoms with Gasteiger partial charge >= 0.3 is 17.9 Å². The van der Waals surface area contributed by atoms with E-state index < -0.39 is 6.10 Å². The minimum Gasteiger partial charge on any atom is -0.462 e. The van der Waals surface area contributed by atoms with Crippen LogP contribution in [0.1, 0.15) is 388 Å². The first-order chi connectivity index (χ1) is 36.2. The van der Waals surface area contributed by atoms with Crippen LogP contribution < -0.4 is 0 Å². The standard InChI is InChI=1S/C68H132O6/c1-6-7-8-9-10-11-12-13-14-17-24-30-35-40-45-50-55-60-68(71)74-65(62-73-67(70)59-54-49-44-39-34-29-25-20-22-27-32-37-42-47-52-57-64(4)5)61-72-66(69)58-53-48-43-38-33-28-23-19-16-15-18-21-26-31-36-41-46-51-56-63(2)3/h63-65H,6-62H2,1-5H3/t65-/m1/s1. The fraction of sp³-hybridized carbons (Fsp3) is 0.956. The summed E-state index contributed by atoms with van der Waals surface area (Å²) in [6.07, 6.45) is 68.2. The predicted molar refractivity (Wildman–Crippen MR) is 321 cm³/mol. The Morgan fingerprint density at radius 2 is 0.446 bits per heavy atom. The summed E-state index contributed by atoms with van der Waals surface area (Å²) in [6.45, 7) is 11.5. The van der Waals surface area contributed by atoms with Crippen LogP contribution in [-0.4, -0.2) is 37.2 Å². The Morgan fingerprint density at radius 1 is 0.257 bits per heavy atom. The van der Waals surface area contributed by atoms with Crippen molar-refractivity contribution < 1.29 is 28.6 Å². The van der Waals surface area contributed by atoms with Crippen molar-refractivity contribution in [3.8, 4) is 0 Å². The number of esters is 3. The van der Waals surface area contributed by atoms with E-state index in [4.69, 9.17) is 14.2 Å². The lowest BCUT2D eigenvalue weighted by atomic mass is 10.0. The zero-order valence-corrected chi connectivity index (χ0v) is 51.0. The fourth-order valence-electron chi connectivity index (χ4n) is 10.6. The topological polar surface area (TPSA) is 78.9 Å². The third kappa shape index (κ3) is 61.3. The fourth-order valence-corrected chi connectivity index (χ4v) is 10.6. The summed E-state index contributed by atoms with van der Waals surface area (Å²) in [5.74, 6) is 0.882. The van der Waals surface area contributed by atoms with E-state index in [1.54, 1.807) is 0 Å². The molecule has 6 nitrogen and oxygen atoms in total. The van der Waals surface area contributed by atoms with Gasteiger partial charge in [0.2, 0.25) is 0 Å². The van der Waals surface area contributed by atoms with Gasteiger partial charge in [-0.25, -0.2) is 0 Å². The van der Waals surface area contributed by atoms with E-state index in [1.807, 2.05) is 0 Å². The lowest BCUT2D eigenvalue weighted by molar-refractivity contribution is -0.167. The average molecular weight is 1050 g/mol. The molecule has 0 bridgehead atoms. The Balaban J connectivity index is 4.27. The molecular weight excluding hydrogens is 913 g/mol. The molecule has 0 saturated carbocycles. The first-order valence-electron chi connectivity index (χ1n) is 33.7. The largest absolute Gasteiger partial charge is 0.462 e. The summed E-state index contributed by atoms with van der Waals surface area (Å²) in [6, 6.07) is 0. The Kier molecular flexibility index (Phi) is 59.3. The molecule has 0 amide bonds. The van der Waals surface area contributed by atoms with Crippen LogP contribution >= 0.6 is 0 Å². The van der Waals surface area contributed by atoms with Crippen molar-refractivity contribution in [3.05, 3.63) is 0 Å². The maximum absolute atomic E-state index is 12.9. The molecule has 0 rings (SSSR count). The van der Waals surface area contributed by atoms with E-state index in [0.29, 0.717) is 19.3 Å². The second kappa shape index (κ2) is 60.6. The van der Waals surface area contributed by atoms with Gasteiger partial charge in [-0.3, -0.25) is 14.4 Å². The van der Waals surface area contributed by atoms with Crippen molar-refractivity contribution in [2.24, 2.45) is 11.8 Å². The molecule has 0 fully saturated rings. The minimum atomic E-state index is -0.764. The number of hydrogen-bond acceptors (Lipinski definition) is 6. The predicted octanol–water partition coefficient (Wildman–Crippen LogP) is 22.8. The molecule has 6 heteroatoms. The molecule has 0 aliphatic rings. The monoisotopic (exact) mass is 1050 g/mol. The Hall–Kier alpha value is -1.59. The van der Waals surface area contributed by atoms with E-state index in [-0.39, 0.29) is 31.1 Å². The van der Waals surface area contributed by atoms with Crippen molar-refractivity contribution >= 4 is 17.9 Å². The second-order valence-corrected chi connectivity index (χ2v) is 24.4. The first kappa shape index (κ1) is 72.4. The van der Waals surface area contributed by atoms with Gasteiger partial charge in [0.05, 0.1) is 0 Å². The molecule has 1 atom stereocenters. The molecule has 0 N–H and O–H groups in total. The second-order valence-electron chi connectivity index (χ2n) is 24.4. The Morgan fingerprint density at radius 3 is 0.662 bits per heavy atom. The zero-order chi connectivity index (χ0) is 53.9. The van der Waals surface area contributed by atoms with E-state index >= 15 is 0 Å². The van der Waals surface area contributed by atoms with Crippen LogP contribution in [0.2, 0.25) is 0 Å². The molecule has 0 aromatic rings. The van der Waals surface area contributed by atoms with Crippen molar-refractivity contribution in [1.29, 1.82) is 0 Å². The highest BCUT2D eigenvalue weighted by Crippen LogP contribution is 2.19. The number of hydrogen-bond donors (Lipinski definition) is 0. The maximum atomic E-state index is 12.9. The highest BCUT2D eigenvalue weighted by atomic mass is 16.6. The van der Waals surface area contributed by atoms with Crippen LogP contribution in [-0.2, 0) is 28.6 Å². The summed E-state index contributed by atoms with van der Waals surface area (Å²) in [4.78, 5) is 38.4. The van der Waals surface area contributed by atoms with Gasteiger partial charge in [-0.05, 0) is 31.1 Å². The molecule has 440 valence electrons. The Labute approximate surface area is 463 Å². The third-order valence-electron chi connectivity index (χ3n) is 15.7. The SMILES string of the molecule is CCCCCCCCCCCCCCCCCCCC(=O)O[C@H](COC(=O)CCCCCCCCCCCCCCCCCCCCC(C)C)COC(=O)CCCCCCCCCCCCCCCCCC(C)C. The van der Waals surface area contributed by atoms with E-state index in [0.717, 1.165) is 69.6 Å². The van der Waals surface area contributed by atoms with Crippen LogP contribution in [0.25, 0.3) is 0 Å². The molecule has 0 aliphatic heterocycles. The molecule has 0 saturated heterocycles. The normalized spacial score (nSPS) is 12.0. The molecule has 0 radical (unpaired) electrons. The zero-order valence-electron chi connectivity index (χ0n) is 51.0. The number of carbonyl (C=O) groups excluding carboxylic acids is 3. The quantitative estimate of drug-likeness (QED) is 0.0343. The number of ether oxygens (including phenoxy) is 3. The summed E-state index contributed by atoms with van der Waals surface area (Å²) in [5.41, 5.74) is 0. The van der Waals surface area contributed by atoms with E-state index in [1.165, 1.54) is 276 Å². The molecule has 0 unspecified atom stereocenters. The summed E-state index contributed by atoms with van der Waals surface area (Å²) in [5, 5.41) is 0. The Bertz CT molecular complexity index is 1140. The highest BCUT2D eigenvalue weighted by molar-refractivity contribution is 5.71. The number of carbonyl (C=O) groups is 3. The number of unbranched alkanes of at least 4 members (excludes halogenated alkanes) is 47. The van der Waals surface area contributed by atoms with Crippen LogP contribution in [0.5, 0.6) is 0 Å². The van der Waals surface area contributed by atoms with Crippen LogP contribution in [0.3, 0.4) is 0 Å². The van der Waals surface area contributed by atoms with Gasteiger partial charge in [-0.15, -0.1) is 0 Å². The van der Waals surface area contributed by atoms with Gasteiger partial charge in [0.15, 0.2) is 6.10 Å². The maximum Gasteiger partial charge on any atom is 0.306 e. The summed E-state index contributed by atoms with van der Waals surface area (Å²) in [7, 11) is 0. The molecule has 0 aliphatic carbocycles. The number of rotatable bonds is 62. The van der Waals surface area contributed by atoms with Crippen molar-refractivity contribution in [3.63, 3.8) is 0 Å². The lowest BCUT2D eigenvalue weighted by Crippen LogP contribution is -2.30. The van der Waals surface area contributed by atoms with Crippen LogP contribution in [0, 0.1) is 11.8 Å². The summed E-state index contributed by atoms with van der Waals surface area (Å²) < 4.78 is 17.0. The van der Waals surface area contributed by atoms with Crippen molar-refractivity contribution in [1.82, 2.24) is 0 Å². The molecule has 0 aromatic carbocycles. The molecular formula is C68H132O6. The summed E-state index contributed by atoms with van der Waals surface area (Å²) >= 11 is 0. The van der Waals surface area contributed by atoms with Gasteiger partial charge in [0.25, 0.3) is 0 Å². The average Bonchev–Trinajstić information content (AvgIpc) is 3.38. The van der Waals surface area contributed by atoms with Gasteiger partial charge < -0.3 is 14.2 Å². The van der Waals surface area contributed by atoms with Crippen LogP contribution in [0.4, 0.5) is 0 Å². The smallest absolute Gasteiger partial charge is 0.306 e. The van der Waals surface area contributed by atoms with Crippen LogP contribution in [0.15, 0.2) is 0 Å². The third-order valence-corrected chi connectivity index (χ3v) is 15.7. The van der Waals surface area contributed by atoms with Gasteiger partial charge in [-0.1, -0.05) is 349 Å². The first-order valence-corrected chi connectivity index (χ1v) is 33.7. The van der Waals surface area contributed by atoms with Gasteiger partial charge in [0, 0.05) is 19.3 Å². The van der Waals surface area contributed by atoms with Gasteiger partial charge in [-0.2, -0.15) is 0 Å². The molecule has 74 heavy (non-hydrogen) atoms. The molecule has 0 spiro atoms. The van der Waals surface area contributed by atoms with E-state index in [9.17, 15) is 14.4 Å².